The third-order valence-corrected chi connectivity index (χ3v) is 17.0. The molecule has 9 atom stereocenters. The molecule has 1 aromatic heterocycles. The Kier molecular flexibility index (Phi) is 11.9. The summed E-state index contributed by atoms with van der Waals surface area (Å²) in [6.07, 6.45) is 6.87. The van der Waals surface area contributed by atoms with E-state index in [1.165, 1.54) is 5.57 Å². The second-order valence-corrected chi connectivity index (χ2v) is 21.5. The van der Waals surface area contributed by atoms with Crippen molar-refractivity contribution in [3.63, 3.8) is 0 Å². The molecule has 10 heteroatoms. The average Bonchev–Trinajstić information content (AvgIpc) is 3.43. The zero-order chi connectivity index (χ0) is 42.1. The van der Waals surface area contributed by atoms with E-state index in [9.17, 15) is 29.7 Å². The van der Waals surface area contributed by atoms with Crippen LogP contribution in [0.2, 0.25) is 0 Å². The van der Waals surface area contributed by atoms with E-state index in [4.69, 9.17) is 4.74 Å². The highest BCUT2D eigenvalue weighted by atomic mass is 16.5. The van der Waals surface area contributed by atoms with Crippen molar-refractivity contribution in [1.82, 2.24) is 14.8 Å². The van der Waals surface area contributed by atoms with Crippen molar-refractivity contribution in [2.45, 2.75) is 152 Å². The van der Waals surface area contributed by atoms with E-state index >= 15 is 0 Å². The molecule has 4 fully saturated rings. The van der Waals surface area contributed by atoms with E-state index in [2.05, 4.69) is 53.5 Å². The number of amides is 1. The van der Waals surface area contributed by atoms with Crippen molar-refractivity contribution in [3.05, 3.63) is 41.2 Å². The number of carbonyl (C=O) groups is 3. The maximum absolute atomic E-state index is 14.3. The first-order valence-electron chi connectivity index (χ1n) is 21.8. The Morgan fingerprint density at radius 2 is 1.63 bits per heavy atom. The standard InChI is InChI=1S/C47H73N3O7/c1-29(2)39-32(51)24-47(35(52)27-50(28-37(53)49(10)11)26-30-14-12-13-23-48-30)22-21-45(8)31(40(39)47)15-16-34-44(7)19-18-36(57-38(54)25-42(3,4)41(55)56)43(5,6)33(44)17-20-46(34,45)9/h12-14,23,29,31,33-36,41,52,55-56H,15-22,24-28H2,1-11H3/t31-,33+,34-,35+,36+,44+,45-,46-,47+/m1/s1. The Balaban J connectivity index is 1.29. The third-order valence-electron chi connectivity index (χ3n) is 17.0. The number of hydrogen-bond acceptors (Lipinski definition) is 9. The minimum atomic E-state index is -1.60. The van der Waals surface area contributed by atoms with Gasteiger partial charge in [0.1, 0.15) is 6.10 Å². The molecule has 1 amide bonds. The van der Waals surface area contributed by atoms with Crippen molar-refractivity contribution in [2.24, 2.45) is 56.2 Å². The molecule has 1 heterocycles. The minimum absolute atomic E-state index is 0.00301. The van der Waals surface area contributed by atoms with Gasteiger partial charge in [-0.05, 0) is 109 Å². The van der Waals surface area contributed by atoms with Crippen LogP contribution in [0.4, 0.5) is 0 Å². The number of carbonyl (C=O) groups excluding carboxylic acids is 3. The Morgan fingerprint density at radius 1 is 0.930 bits per heavy atom. The molecule has 0 radical (unpaired) electrons. The Labute approximate surface area is 342 Å². The smallest absolute Gasteiger partial charge is 0.306 e. The molecule has 0 aliphatic heterocycles. The van der Waals surface area contributed by atoms with E-state index in [0.29, 0.717) is 24.8 Å². The summed E-state index contributed by atoms with van der Waals surface area (Å²) in [7, 11) is 3.51. The summed E-state index contributed by atoms with van der Waals surface area (Å²) in [6.45, 7) is 20.6. The van der Waals surface area contributed by atoms with Crippen molar-refractivity contribution < 1.29 is 34.4 Å². The first-order valence-corrected chi connectivity index (χ1v) is 21.8. The highest BCUT2D eigenvalue weighted by molar-refractivity contribution is 6.00. The average molecular weight is 792 g/mol. The number of aromatic nitrogens is 1. The number of Topliss-reactive ketones (excluding diaryl/α,β-unsaturated/α-hetero) is 1. The van der Waals surface area contributed by atoms with Crippen molar-refractivity contribution in [3.8, 4) is 0 Å². The number of rotatable bonds is 12. The molecule has 6 rings (SSSR count). The van der Waals surface area contributed by atoms with Gasteiger partial charge in [-0.2, -0.15) is 0 Å². The summed E-state index contributed by atoms with van der Waals surface area (Å²) < 4.78 is 6.22. The van der Waals surface area contributed by atoms with E-state index in [0.717, 1.165) is 62.6 Å². The molecule has 0 unspecified atom stereocenters. The molecule has 3 N–H and O–H groups in total. The SMILES string of the molecule is CC(C)C1=C2[C@H]3CC[C@@H]4[C@@]5(C)CC[C@H](OC(=O)CC(C)(C)C(O)O)C(C)(C)[C@@H]5CC[C@@]4(C)[C@]3(C)CC[C@@]2([C@@H](O)CN(CC(=O)N(C)C)Cc2ccccn2)CC1=O. The zero-order valence-corrected chi connectivity index (χ0v) is 36.9. The van der Waals surface area contributed by atoms with Gasteiger partial charge in [0.2, 0.25) is 5.91 Å². The van der Waals surface area contributed by atoms with Gasteiger partial charge < -0.3 is 25.0 Å². The Hall–Kier alpha value is -2.66. The molecule has 0 saturated heterocycles. The van der Waals surface area contributed by atoms with E-state index in [1.54, 1.807) is 39.0 Å². The second kappa shape index (κ2) is 15.4. The highest BCUT2D eigenvalue weighted by Crippen LogP contribution is 2.77. The number of esters is 1. The third kappa shape index (κ3) is 7.35. The molecule has 0 spiro atoms. The van der Waals surface area contributed by atoms with Crippen LogP contribution < -0.4 is 0 Å². The number of hydrogen-bond donors (Lipinski definition) is 3. The first-order chi connectivity index (χ1) is 26.4. The van der Waals surface area contributed by atoms with Crippen LogP contribution in [0.5, 0.6) is 0 Å². The van der Waals surface area contributed by atoms with Crippen molar-refractivity contribution >= 4 is 17.7 Å². The fraction of sp³-hybridized carbons (Fsp3) is 0.787. The normalized spacial score (nSPS) is 35.4. The number of likely N-dealkylation sites (N-methyl/N-ethyl adjacent to an activating group) is 1. The van der Waals surface area contributed by atoms with E-state index < -0.39 is 23.2 Å². The van der Waals surface area contributed by atoms with Gasteiger partial charge in [-0.3, -0.25) is 24.3 Å². The van der Waals surface area contributed by atoms with Gasteiger partial charge >= 0.3 is 5.97 Å². The number of ketones is 1. The maximum atomic E-state index is 14.3. The molecule has 0 aromatic carbocycles. The fourth-order valence-electron chi connectivity index (χ4n) is 13.6. The zero-order valence-electron chi connectivity index (χ0n) is 36.9. The van der Waals surface area contributed by atoms with Gasteiger partial charge in [0.25, 0.3) is 0 Å². The number of aliphatic hydroxyl groups is 3. The molecular weight excluding hydrogens is 719 g/mol. The lowest BCUT2D eigenvalue weighted by molar-refractivity contribution is -0.236. The Bertz CT molecular complexity index is 1720. The number of pyridine rings is 1. The number of ether oxygens (including phenoxy) is 1. The van der Waals surface area contributed by atoms with Crippen LogP contribution in [0.3, 0.4) is 0 Å². The lowest BCUT2D eigenvalue weighted by atomic mass is 9.33. The molecule has 1 aromatic rings. The Morgan fingerprint density at radius 3 is 2.25 bits per heavy atom. The monoisotopic (exact) mass is 792 g/mol. The largest absolute Gasteiger partial charge is 0.462 e. The second-order valence-electron chi connectivity index (χ2n) is 21.5. The van der Waals surface area contributed by atoms with Crippen molar-refractivity contribution in [2.75, 3.05) is 27.2 Å². The lowest BCUT2D eigenvalue weighted by Gasteiger charge is -2.72. The topological polar surface area (TPSA) is 140 Å². The molecule has 318 valence electrons. The van der Waals surface area contributed by atoms with Gasteiger partial charge in [-0.1, -0.05) is 74.0 Å². The molecule has 5 aliphatic rings. The van der Waals surface area contributed by atoms with Crippen LogP contribution in [0.1, 0.15) is 132 Å². The van der Waals surface area contributed by atoms with Gasteiger partial charge in [-0.25, -0.2) is 0 Å². The number of allylic oxidation sites excluding steroid dienone is 1. The van der Waals surface area contributed by atoms with Gasteiger partial charge in [0.05, 0.1) is 24.8 Å². The van der Waals surface area contributed by atoms with Crippen LogP contribution in [0.15, 0.2) is 35.5 Å². The summed E-state index contributed by atoms with van der Waals surface area (Å²) in [4.78, 5) is 48.7. The predicted octanol–water partition coefficient (Wildman–Crippen LogP) is 6.95. The molecule has 4 saturated carbocycles. The minimum Gasteiger partial charge on any atom is -0.462 e. The maximum Gasteiger partial charge on any atom is 0.306 e. The summed E-state index contributed by atoms with van der Waals surface area (Å²) >= 11 is 0. The summed E-state index contributed by atoms with van der Waals surface area (Å²) in [5.41, 5.74) is 1.05. The fourth-order valence-corrected chi connectivity index (χ4v) is 13.6. The summed E-state index contributed by atoms with van der Waals surface area (Å²) in [5.74, 6) is 0.794. The van der Waals surface area contributed by atoms with Crippen LogP contribution in [0.25, 0.3) is 0 Å². The van der Waals surface area contributed by atoms with Crippen LogP contribution >= 0.6 is 0 Å². The van der Waals surface area contributed by atoms with Crippen LogP contribution in [-0.4, -0.2) is 93.4 Å². The van der Waals surface area contributed by atoms with Crippen LogP contribution in [-0.2, 0) is 25.7 Å². The van der Waals surface area contributed by atoms with E-state index in [-0.39, 0.29) is 76.8 Å². The summed E-state index contributed by atoms with van der Waals surface area (Å²) in [5, 5.41) is 32.3. The lowest BCUT2D eigenvalue weighted by Crippen LogP contribution is -2.66. The number of fused-ring (bicyclic) bond motifs is 7. The first kappa shape index (κ1) is 43.9. The van der Waals surface area contributed by atoms with Crippen molar-refractivity contribution in [1.29, 1.82) is 0 Å². The quantitative estimate of drug-likeness (QED) is 0.152. The van der Waals surface area contributed by atoms with Crippen LogP contribution in [0, 0.1) is 56.2 Å². The van der Waals surface area contributed by atoms with Gasteiger partial charge in [0.15, 0.2) is 12.1 Å². The molecule has 5 aliphatic carbocycles. The number of aliphatic hydroxyl groups excluding tert-OH is 2. The molecule has 57 heavy (non-hydrogen) atoms. The van der Waals surface area contributed by atoms with E-state index in [1.807, 2.05) is 23.1 Å². The predicted molar refractivity (Wildman–Crippen MR) is 220 cm³/mol. The molecular formula is C47H73N3O7. The van der Waals surface area contributed by atoms with Gasteiger partial charge in [0, 0.05) is 56.0 Å². The summed E-state index contributed by atoms with van der Waals surface area (Å²) in [6, 6.07) is 5.77. The van der Waals surface area contributed by atoms with Gasteiger partial charge in [-0.15, -0.1) is 0 Å². The molecule has 10 nitrogen and oxygen atoms in total. The highest BCUT2D eigenvalue weighted by Gasteiger charge is 2.71. The molecule has 0 bridgehead atoms. The number of nitrogens with zero attached hydrogens (tertiary/aromatic N) is 3.